The highest BCUT2D eigenvalue weighted by Crippen LogP contribution is 2.21. The molecule has 0 fully saturated rings. The number of ether oxygens (including phenoxy) is 2. The van der Waals surface area contributed by atoms with E-state index in [-0.39, 0.29) is 17.9 Å². The van der Waals surface area contributed by atoms with Gasteiger partial charge in [-0.25, -0.2) is 9.59 Å². The number of carbonyl (C=O) groups excluding carboxylic acids is 1. The van der Waals surface area contributed by atoms with Crippen LogP contribution in [0.5, 0.6) is 5.75 Å². The van der Waals surface area contributed by atoms with E-state index < -0.39 is 18.5 Å². The number of carboxylic acid groups (broad SMARTS) is 1. The van der Waals surface area contributed by atoms with E-state index in [1.165, 1.54) is 6.08 Å². The third-order valence-electron chi connectivity index (χ3n) is 2.19. The SMILES string of the molecule is CCOC(=O)/C(C#N)=C/c1ccccc1OCC(=O)O. The molecule has 1 rings (SSSR count). The molecular formula is C14H13NO5. The monoisotopic (exact) mass is 275 g/mol. The van der Waals surface area contributed by atoms with Gasteiger partial charge in [0, 0.05) is 5.56 Å². The van der Waals surface area contributed by atoms with Gasteiger partial charge in [0.2, 0.25) is 0 Å². The molecule has 20 heavy (non-hydrogen) atoms. The number of hydrogen-bond donors (Lipinski definition) is 1. The van der Waals surface area contributed by atoms with E-state index >= 15 is 0 Å². The molecular weight excluding hydrogens is 262 g/mol. The summed E-state index contributed by atoms with van der Waals surface area (Å²) in [5, 5.41) is 17.5. The Morgan fingerprint density at radius 3 is 2.70 bits per heavy atom. The smallest absolute Gasteiger partial charge is 0.348 e. The summed E-state index contributed by atoms with van der Waals surface area (Å²) in [6.07, 6.45) is 1.30. The van der Waals surface area contributed by atoms with E-state index in [1.54, 1.807) is 37.3 Å². The van der Waals surface area contributed by atoms with Crippen molar-refractivity contribution < 1.29 is 24.2 Å². The van der Waals surface area contributed by atoms with E-state index in [0.29, 0.717) is 5.56 Å². The quantitative estimate of drug-likeness (QED) is 0.481. The van der Waals surface area contributed by atoms with Gasteiger partial charge in [0.15, 0.2) is 6.61 Å². The van der Waals surface area contributed by atoms with Gasteiger partial charge in [0.25, 0.3) is 0 Å². The molecule has 0 saturated carbocycles. The van der Waals surface area contributed by atoms with E-state index in [4.69, 9.17) is 19.8 Å². The highest BCUT2D eigenvalue weighted by molar-refractivity contribution is 5.98. The molecule has 0 radical (unpaired) electrons. The molecule has 1 aromatic rings. The summed E-state index contributed by atoms with van der Waals surface area (Å²) in [4.78, 5) is 22.0. The fourth-order valence-corrected chi connectivity index (χ4v) is 1.37. The minimum absolute atomic E-state index is 0.162. The van der Waals surface area contributed by atoms with Crippen molar-refractivity contribution >= 4 is 18.0 Å². The highest BCUT2D eigenvalue weighted by Gasteiger charge is 2.11. The van der Waals surface area contributed by atoms with Crippen LogP contribution >= 0.6 is 0 Å². The summed E-state index contributed by atoms with van der Waals surface area (Å²) in [6.45, 7) is 1.29. The van der Waals surface area contributed by atoms with Gasteiger partial charge in [-0.3, -0.25) is 0 Å². The Labute approximate surface area is 115 Å². The van der Waals surface area contributed by atoms with Gasteiger partial charge in [0.05, 0.1) is 6.61 Å². The maximum absolute atomic E-state index is 11.5. The Hall–Kier alpha value is -2.81. The summed E-state index contributed by atoms with van der Waals surface area (Å²) in [5.41, 5.74) is 0.247. The molecule has 0 aromatic heterocycles. The zero-order chi connectivity index (χ0) is 15.0. The summed E-state index contributed by atoms with van der Waals surface area (Å²) in [6, 6.07) is 8.24. The Kier molecular flexibility index (Phi) is 5.78. The number of para-hydroxylation sites is 1. The van der Waals surface area contributed by atoms with Crippen LogP contribution in [0.4, 0.5) is 0 Å². The van der Waals surface area contributed by atoms with Crippen molar-refractivity contribution in [1.82, 2.24) is 0 Å². The normalized spacial score (nSPS) is 10.5. The number of rotatable bonds is 6. The van der Waals surface area contributed by atoms with Crippen molar-refractivity contribution in [2.75, 3.05) is 13.2 Å². The van der Waals surface area contributed by atoms with Crippen LogP contribution in [0.15, 0.2) is 29.8 Å². The molecule has 0 amide bonds. The second-order valence-corrected chi connectivity index (χ2v) is 3.61. The molecule has 0 aliphatic heterocycles. The maximum Gasteiger partial charge on any atom is 0.348 e. The number of nitriles is 1. The van der Waals surface area contributed by atoms with Crippen molar-refractivity contribution in [3.63, 3.8) is 0 Å². The van der Waals surface area contributed by atoms with E-state index in [0.717, 1.165) is 0 Å². The standard InChI is InChI=1S/C14H13NO5/c1-2-19-14(18)11(8-15)7-10-5-3-4-6-12(10)20-9-13(16)17/h3-7H,2,9H2,1H3,(H,16,17)/b11-7+. The lowest BCUT2D eigenvalue weighted by atomic mass is 10.1. The van der Waals surface area contributed by atoms with Crippen LogP contribution in [0, 0.1) is 11.3 Å². The van der Waals surface area contributed by atoms with Crippen LogP contribution < -0.4 is 4.74 Å². The predicted octanol–water partition coefficient (Wildman–Crippen LogP) is 1.62. The molecule has 0 atom stereocenters. The lowest BCUT2D eigenvalue weighted by molar-refractivity contribution is -0.139. The zero-order valence-electron chi connectivity index (χ0n) is 10.8. The lowest BCUT2D eigenvalue weighted by Gasteiger charge is -2.07. The number of nitrogens with zero attached hydrogens (tertiary/aromatic N) is 1. The van der Waals surface area contributed by atoms with Gasteiger partial charge >= 0.3 is 11.9 Å². The average molecular weight is 275 g/mol. The number of aliphatic carboxylic acids is 1. The van der Waals surface area contributed by atoms with Gasteiger partial charge < -0.3 is 14.6 Å². The number of hydrogen-bond acceptors (Lipinski definition) is 5. The van der Waals surface area contributed by atoms with Gasteiger partial charge in [-0.05, 0) is 19.1 Å². The molecule has 6 heteroatoms. The number of esters is 1. The van der Waals surface area contributed by atoms with Crippen LogP contribution in [0.3, 0.4) is 0 Å². The van der Waals surface area contributed by atoms with Crippen LogP contribution in [0.1, 0.15) is 12.5 Å². The fraction of sp³-hybridized carbons (Fsp3) is 0.214. The molecule has 1 N–H and O–H groups in total. The van der Waals surface area contributed by atoms with Crippen LogP contribution in [0.2, 0.25) is 0 Å². The minimum Gasteiger partial charge on any atom is -0.481 e. The van der Waals surface area contributed by atoms with Gasteiger partial charge in [-0.2, -0.15) is 5.26 Å². The molecule has 0 heterocycles. The van der Waals surface area contributed by atoms with Crippen LogP contribution in [0.25, 0.3) is 6.08 Å². The Bertz CT molecular complexity index is 571. The molecule has 0 saturated heterocycles. The second kappa shape index (κ2) is 7.59. The molecule has 0 aliphatic rings. The first-order valence-corrected chi connectivity index (χ1v) is 5.81. The third kappa shape index (κ3) is 4.46. The first-order valence-electron chi connectivity index (χ1n) is 5.81. The highest BCUT2D eigenvalue weighted by atomic mass is 16.5. The topological polar surface area (TPSA) is 96.6 Å². The lowest BCUT2D eigenvalue weighted by Crippen LogP contribution is -2.10. The predicted molar refractivity (Wildman–Crippen MR) is 69.8 cm³/mol. The number of benzene rings is 1. The van der Waals surface area contributed by atoms with Crippen molar-refractivity contribution in [3.05, 3.63) is 35.4 Å². The third-order valence-corrected chi connectivity index (χ3v) is 2.19. The molecule has 0 spiro atoms. The van der Waals surface area contributed by atoms with E-state index in [1.807, 2.05) is 0 Å². The van der Waals surface area contributed by atoms with Gasteiger partial charge in [-0.1, -0.05) is 18.2 Å². The van der Waals surface area contributed by atoms with Crippen molar-refractivity contribution in [1.29, 1.82) is 5.26 Å². The molecule has 6 nitrogen and oxygen atoms in total. The first-order chi connectivity index (χ1) is 9.58. The number of carbonyl (C=O) groups is 2. The van der Waals surface area contributed by atoms with Crippen molar-refractivity contribution in [2.24, 2.45) is 0 Å². The Morgan fingerprint density at radius 1 is 1.40 bits per heavy atom. The summed E-state index contributed by atoms with van der Waals surface area (Å²) in [7, 11) is 0. The van der Waals surface area contributed by atoms with E-state index in [9.17, 15) is 9.59 Å². The molecule has 0 aliphatic carbocycles. The van der Waals surface area contributed by atoms with Gasteiger partial charge in [0.1, 0.15) is 17.4 Å². The van der Waals surface area contributed by atoms with Crippen LogP contribution in [-0.4, -0.2) is 30.3 Å². The molecule has 104 valence electrons. The largest absolute Gasteiger partial charge is 0.481 e. The molecule has 0 bridgehead atoms. The van der Waals surface area contributed by atoms with Gasteiger partial charge in [-0.15, -0.1) is 0 Å². The maximum atomic E-state index is 11.5. The Morgan fingerprint density at radius 2 is 2.10 bits per heavy atom. The summed E-state index contributed by atoms with van der Waals surface area (Å²) >= 11 is 0. The molecule has 1 aromatic carbocycles. The summed E-state index contributed by atoms with van der Waals surface area (Å²) in [5.74, 6) is -1.58. The summed E-state index contributed by atoms with van der Waals surface area (Å²) < 4.78 is 9.82. The molecule has 0 unspecified atom stereocenters. The minimum atomic E-state index is -1.12. The van der Waals surface area contributed by atoms with Crippen molar-refractivity contribution in [2.45, 2.75) is 6.92 Å². The van der Waals surface area contributed by atoms with E-state index in [2.05, 4.69) is 0 Å². The average Bonchev–Trinajstić information content (AvgIpc) is 2.43. The second-order valence-electron chi connectivity index (χ2n) is 3.61. The fourth-order valence-electron chi connectivity index (χ4n) is 1.37. The van der Waals surface area contributed by atoms with Crippen molar-refractivity contribution in [3.8, 4) is 11.8 Å². The first kappa shape index (κ1) is 15.2. The number of carboxylic acids is 1. The Balaban J connectivity index is 3.03. The van der Waals surface area contributed by atoms with Crippen LogP contribution in [-0.2, 0) is 14.3 Å². The zero-order valence-corrected chi connectivity index (χ0v) is 10.8.